The van der Waals surface area contributed by atoms with Crippen LogP contribution in [0.15, 0.2) is 0 Å². The lowest BCUT2D eigenvalue weighted by molar-refractivity contribution is 0.0573. The molecule has 0 radical (unpaired) electrons. The zero-order valence-corrected chi connectivity index (χ0v) is 6.68. The van der Waals surface area contributed by atoms with Crippen LogP contribution in [0.3, 0.4) is 0 Å². The van der Waals surface area contributed by atoms with Crippen molar-refractivity contribution >= 4 is 5.96 Å². The number of nitrogens with one attached hydrogen (secondary N) is 1. The molecular formula is C7H14FN3. The minimum atomic E-state index is -1.05. The number of rotatable bonds is 0. The molecule has 0 aliphatic carbocycles. The molecule has 1 heterocycles. The summed E-state index contributed by atoms with van der Waals surface area (Å²) in [6.07, 6.45) is 0.771. The fourth-order valence-corrected chi connectivity index (χ4v) is 1.40. The van der Waals surface area contributed by atoms with Gasteiger partial charge in [-0.15, -0.1) is 0 Å². The van der Waals surface area contributed by atoms with E-state index in [2.05, 4.69) is 0 Å². The van der Waals surface area contributed by atoms with Crippen molar-refractivity contribution in [3.63, 3.8) is 0 Å². The van der Waals surface area contributed by atoms with Gasteiger partial charge in [-0.1, -0.05) is 6.92 Å². The number of nitrogens with zero attached hydrogens (tertiary/aromatic N) is 1. The summed E-state index contributed by atoms with van der Waals surface area (Å²) in [5.41, 5.74) is 5.19. The SMILES string of the molecule is CC1CCCN(C(=N)N)C1F. The predicted octanol–water partition coefficient (Wildman–Crippen LogP) is 0.907. The molecule has 0 saturated carbocycles. The molecule has 11 heavy (non-hydrogen) atoms. The average Bonchev–Trinajstić information content (AvgIpc) is 1.94. The van der Waals surface area contributed by atoms with Crippen LogP contribution in [0.1, 0.15) is 19.8 Å². The van der Waals surface area contributed by atoms with Gasteiger partial charge in [-0.05, 0) is 12.8 Å². The molecule has 1 aliphatic heterocycles. The van der Waals surface area contributed by atoms with Gasteiger partial charge in [0.1, 0.15) is 0 Å². The molecule has 0 spiro atoms. The number of hydrogen-bond acceptors (Lipinski definition) is 1. The lowest BCUT2D eigenvalue weighted by Crippen LogP contribution is -2.48. The fraction of sp³-hybridized carbons (Fsp3) is 0.857. The highest BCUT2D eigenvalue weighted by atomic mass is 19.1. The molecule has 0 aromatic heterocycles. The van der Waals surface area contributed by atoms with Crippen molar-refractivity contribution in [2.24, 2.45) is 11.7 Å². The number of likely N-dealkylation sites (tertiary alicyclic amines) is 1. The van der Waals surface area contributed by atoms with Gasteiger partial charge in [0, 0.05) is 12.5 Å². The van der Waals surface area contributed by atoms with E-state index in [1.807, 2.05) is 6.92 Å². The van der Waals surface area contributed by atoms with Gasteiger partial charge in [0.25, 0.3) is 0 Å². The van der Waals surface area contributed by atoms with E-state index in [-0.39, 0.29) is 11.9 Å². The molecule has 1 aliphatic rings. The van der Waals surface area contributed by atoms with E-state index in [1.165, 1.54) is 4.90 Å². The molecule has 3 N–H and O–H groups in total. The lowest BCUT2D eigenvalue weighted by Gasteiger charge is -2.34. The summed E-state index contributed by atoms with van der Waals surface area (Å²) in [6.45, 7) is 2.43. The Bertz CT molecular complexity index is 160. The van der Waals surface area contributed by atoms with Gasteiger partial charge in [0.05, 0.1) is 0 Å². The second kappa shape index (κ2) is 3.07. The number of alkyl halides is 1. The molecular weight excluding hydrogens is 145 g/mol. The van der Waals surface area contributed by atoms with Gasteiger partial charge < -0.3 is 10.6 Å². The van der Waals surface area contributed by atoms with Crippen molar-refractivity contribution in [3.8, 4) is 0 Å². The van der Waals surface area contributed by atoms with E-state index in [0.29, 0.717) is 6.54 Å². The maximum absolute atomic E-state index is 13.2. The third-order valence-corrected chi connectivity index (χ3v) is 2.14. The van der Waals surface area contributed by atoms with E-state index in [1.54, 1.807) is 0 Å². The number of piperidine rings is 1. The van der Waals surface area contributed by atoms with Crippen molar-refractivity contribution in [2.45, 2.75) is 26.1 Å². The number of halogens is 1. The lowest BCUT2D eigenvalue weighted by atomic mass is 9.99. The van der Waals surface area contributed by atoms with E-state index in [0.717, 1.165) is 12.8 Å². The van der Waals surface area contributed by atoms with Crippen molar-refractivity contribution in [1.29, 1.82) is 5.41 Å². The Morgan fingerprint density at radius 1 is 1.73 bits per heavy atom. The first-order valence-corrected chi connectivity index (χ1v) is 3.87. The molecule has 0 aromatic rings. The Hall–Kier alpha value is -0.800. The molecule has 2 unspecified atom stereocenters. The minimum absolute atomic E-state index is 0.00708. The van der Waals surface area contributed by atoms with Crippen molar-refractivity contribution in [1.82, 2.24) is 4.90 Å². The quantitative estimate of drug-likeness (QED) is 0.313. The Labute approximate surface area is 65.9 Å². The van der Waals surface area contributed by atoms with Crippen LogP contribution in [0, 0.1) is 11.3 Å². The van der Waals surface area contributed by atoms with Crippen LogP contribution in [-0.4, -0.2) is 23.7 Å². The molecule has 0 amide bonds. The van der Waals surface area contributed by atoms with Crippen molar-refractivity contribution < 1.29 is 4.39 Å². The Morgan fingerprint density at radius 2 is 2.36 bits per heavy atom. The largest absolute Gasteiger partial charge is 0.370 e. The maximum atomic E-state index is 13.2. The van der Waals surface area contributed by atoms with Crippen LogP contribution in [-0.2, 0) is 0 Å². The Kier molecular flexibility index (Phi) is 2.31. The molecule has 1 rings (SSSR count). The van der Waals surface area contributed by atoms with E-state index in [4.69, 9.17) is 11.1 Å². The first kappa shape index (κ1) is 8.30. The molecule has 1 fully saturated rings. The molecule has 0 bridgehead atoms. The summed E-state index contributed by atoms with van der Waals surface area (Å²) in [5, 5.41) is 7.07. The second-order valence-corrected chi connectivity index (χ2v) is 3.07. The van der Waals surface area contributed by atoms with E-state index in [9.17, 15) is 4.39 Å². The maximum Gasteiger partial charge on any atom is 0.190 e. The van der Waals surface area contributed by atoms with Gasteiger partial charge in [-0.2, -0.15) is 0 Å². The number of nitrogens with two attached hydrogens (primary N) is 1. The van der Waals surface area contributed by atoms with Gasteiger partial charge in [-0.25, -0.2) is 4.39 Å². The molecule has 4 heteroatoms. The van der Waals surface area contributed by atoms with Gasteiger partial charge in [0.15, 0.2) is 12.3 Å². The normalized spacial score (nSPS) is 32.0. The predicted molar refractivity (Wildman–Crippen MR) is 41.9 cm³/mol. The summed E-state index contributed by atoms with van der Waals surface area (Å²) in [5.74, 6) is -0.142. The van der Waals surface area contributed by atoms with Gasteiger partial charge in [-0.3, -0.25) is 5.41 Å². The van der Waals surface area contributed by atoms with Gasteiger partial charge in [0.2, 0.25) is 0 Å². The first-order valence-electron chi connectivity index (χ1n) is 3.87. The zero-order chi connectivity index (χ0) is 8.43. The Morgan fingerprint density at radius 3 is 2.82 bits per heavy atom. The van der Waals surface area contributed by atoms with Crippen LogP contribution in [0.5, 0.6) is 0 Å². The summed E-state index contributed by atoms with van der Waals surface area (Å²) in [7, 11) is 0. The standard InChI is InChI=1S/C7H14FN3/c1-5-3-2-4-11(6(5)8)7(9)10/h5-6H,2-4H2,1H3,(H3,9,10). The van der Waals surface area contributed by atoms with Crippen molar-refractivity contribution in [2.75, 3.05) is 6.54 Å². The Balaban J connectivity index is 2.58. The minimum Gasteiger partial charge on any atom is -0.370 e. The van der Waals surface area contributed by atoms with Gasteiger partial charge >= 0.3 is 0 Å². The van der Waals surface area contributed by atoms with Crippen LogP contribution in [0.2, 0.25) is 0 Å². The fourth-order valence-electron chi connectivity index (χ4n) is 1.40. The summed E-state index contributed by atoms with van der Waals surface area (Å²) < 4.78 is 13.2. The summed E-state index contributed by atoms with van der Waals surface area (Å²) in [4.78, 5) is 1.31. The van der Waals surface area contributed by atoms with Crippen LogP contribution < -0.4 is 5.73 Å². The second-order valence-electron chi connectivity index (χ2n) is 3.07. The highest BCUT2D eigenvalue weighted by Gasteiger charge is 2.28. The molecule has 64 valence electrons. The first-order chi connectivity index (χ1) is 5.13. The topological polar surface area (TPSA) is 53.1 Å². The zero-order valence-electron chi connectivity index (χ0n) is 6.68. The monoisotopic (exact) mass is 159 g/mol. The third kappa shape index (κ3) is 1.61. The summed E-state index contributed by atoms with van der Waals surface area (Å²) >= 11 is 0. The molecule has 1 saturated heterocycles. The number of hydrogen-bond donors (Lipinski definition) is 2. The molecule has 3 nitrogen and oxygen atoms in total. The van der Waals surface area contributed by atoms with E-state index < -0.39 is 6.30 Å². The highest BCUT2D eigenvalue weighted by molar-refractivity contribution is 5.74. The third-order valence-electron chi connectivity index (χ3n) is 2.14. The summed E-state index contributed by atoms with van der Waals surface area (Å²) in [6, 6.07) is 0. The average molecular weight is 159 g/mol. The van der Waals surface area contributed by atoms with Crippen molar-refractivity contribution in [3.05, 3.63) is 0 Å². The smallest absolute Gasteiger partial charge is 0.190 e. The van der Waals surface area contributed by atoms with Crippen LogP contribution in [0.4, 0.5) is 4.39 Å². The number of guanidine groups is 1. The highest BCUT2D eigenvalue weighted by Crippen LogP contribution is 2.23. The molecule has 0 aromatic carbocycles. The van der Waals surface area contributed by atoms with Crippen LogP contribution >= 0.6 is 0 Å². The molecule has 2 atom stereocenters. The van der Waals surface area contributed by atoms with E-state index >= 15 is 0 Å². The van der Waals surface area contributed by atoms with Crippen LogP contribution in [0.25, 0.3) is 0 Å².